The first-order valence-corrected chi connectivity index (χ1v) is 6.77. The normalized spacial score (nSPS) is 31.1. The summed E-state index contributed by atoms with van der Waals surface area (Å²) in [4.78, 5) is 0. The Labute approximate surface area is 106 Å². The van der Waals surface area contributed by atoms with Gasteiger partial charge in [0.15, 0.2) is 0 Å². The molecule has 2 aliphatic carbocycles. The van der Waals surface area contributed by atoms with Gasteiger partial charge in [-0.15, -0.1) is 0 Å². The topological polar surface area (TPSA) is 12.0 Å². The minimum absolute atomic E-state index is 0.220. The lowest BCUT2D eigenvalue weighted by atomic mass is 9.95. The molecule has 0 heterocycles. The maximum atomic E-state index is 13.0. The van der Waals surface area contributed by atoms with E-state index in [2.05, 4.69) is 5.32 Å². The monoisotopic (exact) mass is 253 g/mol. The Kier molecular flexibility index (Phi) is 3.10. The SMILES string of the molecule is Fc1ccc(CNC2CC3CCC2C3)cc1Cl. The van der Waals surface area contributed by atoms with E-state index in [-0.39, 0.29) is 10.8 Å². The minimum Gasteiger partial charge on any atom is -0.310 e. The van der Waals surface area contributed by atoms with E-state index in [0.29, 0.717) is 6.04 Å². The van der Waals surface area contributed by atoms with E-state index in [1.54, 1.807) is 12.1 Å². The van der Waals surface area contributed by atoms with Gasteiger partial charge in [-0.25, -0.2) is 4.39 Å². The van der Waals surface area contributed by atoms with Crippen molar-refractivity contribution in [3.05, 3.63) is 34.6 Å². The maximum absolute atomic E-state index is 13.0. The van der Waals surface area contributed by atoms with Crippen LogP contribution in [0.3, 0.4) is 0 Å². The molecule has 1 aromatic rings. The van der Waals surface area contributed by atoms with Gasteiger partial charge in [-0.1, -0.05) is 24.1 Å². The molecule has 17 heavy (non-hydrogen) atoms. The molecule has 3 heteroatoms. The van der Waals surface area contributed by atoms with Gasteiger partial charge in [0.25, 0.3) is 0 Å². The van der Waals surface area contributed by atoms with E-state index in [1.165, 1.54) is 31.7 Å². The van der Waals surface area contributed by atoms with Crippen molar-refractivity contribution in [2.24, 2.45) is 11.8 Å². The molecule has 0 spiro atoms. The second kappa shape index (κ2) is 4.58. The molecule has 0 amide bonds. The second-order valence-corrected chi connectivity index (χ2v) is 5.82. The molecule has 92 valence electrons. The van der Waals surface area contributed by atoms with Crippen LogP contribution in [-0.2, 0) is 6.54 Å². The Morgan fingerprint density at radius 1 is 1.29 bits per heavy atom. The Hall–Kier alpha value is -0.600. The molecule has 3 atom stereocenters. The zero-order valence-electron chi connectivity index (χ0n) is 9.76. The molecule has 0 aliphatic heterocycles. The number of halogens is 2. The van der Waals surface area contributed by atoms with Crippen LogP contribution in [0.4, 0.5) is 4.39 Å². The average molecular weight is 254 g/mol. The lowest BCUT2D eigenvalue weighted by molar-refractivity contribution is 0.350. The largest absolute Gasteiger partial charge is 0.310 e. The van der Waals surface area contributed by atoms with Crippen molar-refractivity contribution < 1.29 is 4.39 Å². The molecule has 2 saturated carbocycles. The molecule has 0 radical (unpaired) electrons. The summed E-state index contributed by atoms with van der Waals surface area (Å²) in [5.74, 6) is 1.49. The molecule has 1 nitrogen and oxygen atoms in total. The summed E-state index contributed by atoms with van der Waals surface area (Å²) < 4.78 is 13.0. The highest BCUT2D eigenvalue weighted by Gasteiger charge is 2.38. The molecule has 3 unspecified atom stereocenters. The molecule has 1 aromatic carbocycles. The molecule has 2 bridgehead atoms. The third-order valence-electron chi connectivity index (χ3n) is 4.29. The van der Waals surface area contributed by atoms with Gasteiger partial charge in [-0.3, -0.25) is 0 Å². The van der Waals surface area contributed by atoms with Gasteiger partial charge < -0.3 is 5.32 Å². The van der Waals surface area contributed by atoms with Crippen molar-refractivity contribution in [2.75, 3.05) is 0 Å². The smallest absolute Gasteiger partial charge is 0.141 e. The van der Waals surface area contributed by atoms with Crippen LogP contribution in [0.2, 0.25) is 5.02 Å². The van der Waals surface area contributed by atoms with Gasteiger partial charge in [-0.05, 0) is 48.8 Å². The molecular formula is C14H17ClFN. The summed E-state index contributed by atoms with van der Waals surface area (Å²) in [5, 5.41) is 3.81. The van der Waals surface area contributed by atoms with Crippen molar-refractivity contribution in [3.63, 3.8) is 0 Å². The fourth-order valence-corrected chi connectivity index (χ4v) is 3.60. The summed E-state index contributed by atoms with van der Waals surface area (Å²) in [6.45, 7) is 0.799. The number of hydrogen-bond acceptors (Lipinski definition) is 1. The van der Waals surface area contributed by atoms with Crippen LogP contribution in [0.25, 0.3) is 0 Å². The first-order chi connectivity index (χ1) is 8.22. The summed E-state index contributed by atoms with van der Waals surface area (Å²) in [5.41, 5.74) is 1.07. The van der Waals surface area contributed by atoms with Crippen LogP contribution in [0.1, 0.15) is 31.2 Å². The van der Waals surface area contributed by atoms with Crippen molar-refractivity contribution in [2.45, 2.75) is 38.3 Å². The van der Waals surface area contributed by atoms with Gasteiger partial charge in [0.2, 0.25) is 0 Å². The van der Waals surface area contributed by atoms with Crippen LogP contribution >= 0.6 is 11.6 Å². The van der Waals surface area contributed by atoms with Gasteiger partial charge in [0.1, 0.15) is 5.82 Å². The van der Waals surface area contributed by atoms with Crippen molar-refractivity contribution >= 4 is 11.6 Å². The van der Waals surface area contributed by atoms with Gasteiger partial charge >= 0.3 is 0 Å². The van der Waals surface area contributed by atoms with E-state index in [0.717, 1.165) is 23.9 Å². The number of benzene rings is 1. The quantitative estimate of drug-likeness (QED) is 0.865. The third kappa shape index (κ3) is 2.34. The summed E-state index contributed by atoms with van der Waals surface area (Å²) in [6.07, 6.45) is 5.53. The summed E-state index contributed by atoms with van der Waals surface area (Å²) >= 11 is 5.77. The lowest BCUT2D eigenvalue weighted by Gasteiger charge is -2.23. The summed E-state index contributed by atoms with van der Waals surface area (Å²) in [7, 11) is 0. The van der Waals surface area contributed by atoms with E-state index in [9.17, 15) is 4.39 Å². The first-order valence-electron chi connectivity index (χ1n) is 6.39. The van der Waals surface area contributed by atoms with Crippen LogP contribution < -0.4 is 5.32 Å². The standard InChI is InChI=1S/C14H17ClFN/c15-12-6-10(2-4-13(12)16)8-17-14-7-9-1-3-11(14)5-9/h2,4,6,9,11,14,17H,1,3,5,7-8H2. The highest BCUT2D eigenvalue weighted by molar-refractivity contribution is 6.30. The first kappa shape index (κ1) is 11.5. The molecule has 0 saturated heterocycles. The van der Waals surface area contributed by atoms with Crippen molar-refractivity contribution in [1.29, 1.82) is 0 Å². The van der Waals surface area contributed by atoms with E-state index in [4.69, 9.17) is 11.6 Å². The number of fused-ring (bicyclic) bond motifs is 2. The van der Waals surface area contributed by atoms with Crippen molar-refractivity contribution in [3.8, 4) is 0 Å². The highest BCUT2D eigenvalue weighted by atomic mass is 35.5. The van der Waals surface area contributed by atoms with Crippen LogP contribution in [0, 0.1) is 17.7 Å². The third-order valence-corrected chi connectivity index (χ3v) is 4.58. The van der Waals surface area contributed by atoms with Crippen LogP contribution in [0.5, 0.6) is 0 Å². The lowest BCUT2D eigenvalue weighted by Crippen LogP contribution is -2.33. The number of nitrogens with one attached hydrogen (secondary N) is 1. The average Bonchev–Trinajstić information content (AvgIpc) is 2.92. The Balaban J connectivity index is 1.59. The molecular weight excluding hydrogens is 237 g/mol. The van der Waals surface area contributed by atoms with Gasteiger partial charge in [-0.2, -0.15) is 0 Å². The molecule has 3 rings (SSSR count). The fraction of sp³-hybridized carbons (Fsp3) is 0.571. The van der Waals surface area contributed by atoms with Gasteiger partial charge in [0, 0.05) is 12.6 Å². The van der Waals surface area contributed by atoms with Gasteiger partial charge in [0.05, 0.1) is 5.02 Å². The zero-order valence-corrected chi connectivity index (χ0v) is 10.5. The predicted molar refractivity (Wildman–Crippen MR) is 67.5 cm³/mol. The van der Waals surface area contributed by atoms with E-state index < -0.39 is 0 Å². The Bertz CT molecular complexity index is 421. The molecule has 0 aromatic heterocycles. The maximum Gasteiger partial charge on any atom is 0.141 e. The predicted octanol–water partition coefficient (Wildman–Crippen LogP) is 3.76. The zero-order chi connectivity index (χ0) is 11.8. The second-order valence-electron chi connectivity index (χ2n) is 5.41. The van der Waals surface area contributed by atoms with E-state index in [1.807, 2.05) is 0 Å². The highest BCUT2D eigenvalue weighted by Crippen LogP contribution is 2.44. The molecule has 2 fully saturated rings. The Morgan fingerprint density at radius 3 is 2.82 bits per heavy atom. The summed E-state index contributed by atoms with van der Waals surface area (Å²) in [6, 6.07) is 5.64. The molecule has 1 N–H and O–H groups in total. The van der Waals surface area contributed by atoms with Crippen molar-refractivity contribution in [1.82, 2.24) is 5.32 Å². The fourth-order valence-electron chi connectivity index (χ4n) is 3.39. The van der Waals surface area contributed by atoms with Crippen LogP contribution in [0.15, 0.2) is 18.2 Å². The number of rotatable bonds is 3. The Morgan fingerprint density at radius 2 is 2.18 bits per heavy atom. The van der Waals surface area contributed by atoms with Crippen LogP contribution in [-0.4, -0.2) is 6.04 Å². The number of hydrogen-bond donors (Lipinski definition) is 1. The molecule has 2 aliphatic rings. The minimum atomic E-state index is -0.338. The van der Waals surface area contributed by atoms with E-state index >= 15 is 0 Å².